The van der Waals surface area contributed by atoms with Gasteiger partial charge in [-0.2, -0.15) is 0 Å². The molecule has 1 saturated carbocycles. The van der Waals surface area contributed by atoms with Crippen molar-refractivity contribution in [3.8, 4) is 11.1 Å². The van der Waals surface area contributed by atoms with E-state index in [-0.39, 0.29) is 23.0 Å². The third kappa shape index (κ3) is 2.75. The molecule has 7 heteroatoms. The highest BCUT2D eigenvalue weighted by atomic mass is 19.1. The van der Waals surface area contributed by atoms with E-state index in [1.807, 2.05) is 19.9 Å². The number of pyridine rings is 1. The molecule has 6 nitrogen and oxygen atoms in total. The first-order valence-electron chi connectivity index (χ1n) is 8.43. The van der Waals surface area contributed by atoms with Gasteiger partial charge in [0.05, 0.1) is 5.69 Å². The Hall–Kier alpha value is -3.09. The Morgan fingerprint density at radius 1 is 1.31 bits per heavy atom. The molecule has 2 aromatic heterocycles. The van der Waals surface area contributed by atoms with Crippen molar-refractivity contribution < 1.29 is 9.18 Å². The Morgan fingerprint density at radius 2 is 2.08 bits per heavy atom. The normalized spacial score (nSPS) is 18.7. The molecule has 3 N–H and O–H groups in total. The number of nitrogen functional groups attached to an aromatic ring is 1. The number of carbonyl (C=O) groups excluding carboxylic acids is 1. The zero-order chi connectivity index (χ0) is 18.4. The van der Waals surface area contributed by atoms with Crippen molar-refractivity contribution in [3.63, 3.8) is 0 Å². The molecule has 0 spiro atoms. The summed E-state index contributed by atoms with van der Waals surface area (Å²) in [6, 6.07) is 5.13. The molecule has 2 atom stereocenters. The summed E-state index contributed by atoms with van der Waals surface area (Å²) >= 11 is 0. The Bertz CT molecular complexity index is 1040. The fourth-order valence-corrected chi connectivity index (χ4v) is 3.10. The lowest BCUT2D eigenvalue weighted by molar-refractivity contribution is -0.117. The van der Waals surface area contributed by atoms with Gasteiger partial charge < -0.3 is 11.1 Å². The van der Waals surface area contributed by atoms with Crippen molar-refractivity contribution in [1.29, 1.82) is 0 Å². The first-order chi connectivity index (χ1) is 12.5. The average molecular weight is 351 g/mol. The topological polar surface area (TPSA) is 93.8 Å². The monoisotopic (exact) mass is 351 g/mol. The standard InChI is InChI=1S/C19H18FN5O/c1-9-3-4-22-8-14(9)13-6-11-7-15(23-19(26)12-5-10(12)2)24-25-18(11)17(21)16(13)20/h3-4,6-8,10,12H,5,21H2,1-2H3,(H,23,24,26)/t10-,12-/m1/s1. The van der Waals surface area contributed by atoms with Crippen LogP contribution in [0.5, 0.6) is 0 Å². The van der Waals surface area contributed by atoms with Gasteiger partial charge in [-0.3, -0.25) is 9.78 Å². The van der Waals surface area contributed by atoms with E-state index in [2.05, 4.69) is 20.5 Å². The molecule has 0 bridgehead atoms. The van der Waals surface area contributed by atoms with E-state index in [0.717, 1.165) is 12.0 Å². The molecule has 0 unspecified atom stereocenters. The highest BCUT2D eigenvalue weighted by Gasteiger charge is 2.39. The lowest BCUT2D eigenvalue weighted by Crippen LogP contribution is -2.15. The Balaban J connectivity index is 1.78. The average Bonchev–Trinajstić information content (AvgIpc) is 3.36. The van der Waals surface area contributed by atoms with Gasteiger partial charge in [0.15, 0.2) is 11.6 Å². The van der Waals surface area contributed by atoms with Gasteiger partial charge in [0.25, 0.3) is 0 Å². The SMILES string of the molecule is Cc1ccncc1-c1cc2cc(NC(=O)[C@@H]3C[C@H]3C)nnc2c(N)c1F. The van der Waals surface area contributed by atoms with Gasteiger partial charge in [-0.1, -0.05) is 6.92 Å². The largest absolute Gasteiger partial charge is 0.395 e. The molecular formula is C19H18FN5O. The molecule has 1 fully saturated rings. The first kappa shape index (κ1) is 16.4. The summed E-state index contributed by atoms with van der Waals surface area (Å²) in [5, 5.41) is 11.3. The minimum Gasteiger partial charge on any atom is -0.395 e. The van der Waals surface area contributed by atoms with E-state index in [1.54, 1.807) is 24.5 Å². The molecule has 1 aromatic carbocycles. The van der Waals surface area contributed by atoms with Crippen LogP contribution >= 0.6 is 0 Å². The van der Waals surface area contributed by atoms with Crippen LogP contribution in [-0.2, 0) is 4.79 Å². The van der Waals surface area contributed by atoms with E-state index in [9.17, 15) is 9.18 Å². The second-order valence-corrected chi connectivity index (χ2v) is 6.82. The number of aryl methyl sites for hydroxylation is 1. The lowest BCUT2D eigenvalue weighted by atomic mass is 9.99. The molecule has 26 heavy (non-hydrogen) atoms. The van der Waals surface area contributed by atoms with Crippen LogP contribution in [0.2, 0.25) is 0 Å². The van der Waals surface area contributed by atoms with Crippen molar-refractivity contribution in [2.24, 2.45) is 11.8 Å². The van der Waals surface area contributed by atoms with Crippen LogP contribution in [-0.4, -0.2) is 21.1 Å². The van der Waals surface area contributed by atoms with E-state index < -0.39 is 5.82 Å². The van der Waals surface area contributed by atoms with E-state index in [4.69, 9.17) is 5.73 Å². The Morgan fingerprint density at radius 3 is 2.77 bits per heavy atom. The summed E-state index contributed by atoms with van der Waals surface area (Å²) in [5.41, 5.74) is 8.04. The zero-order valence-electron chi connectivity index (χ0n) is 14.5. The molecule has 1 aliphatic carbocycles. The second kappa shape index (κ2) is 6.01. The highest BCUT2D eigenvalue weighted by Crippen LogP contribution is 2.38. The van der Waals surface area contributed by atoms with E-state index in [1.165, 1.54) is 0 Å². The zero-order valence-corrected chi connectivity index (χ0v) is 14.5. The van der Waals surface area contributed by atoms with Crippen molar-refractivity contribution in [3.05, 3.63) is 42.0 Å². The maximum Gasteiger partial charge on any atom is 0.228 e. The number of nitrogens with two attached hydrogens (primary N) is 1. The molecule has 3 aromatic rings. The molecule has 2 heterocycles. The third-order valence-corrected chi connectivity index (χ3v) is 4.88. The van der Waals surface area contributed by atoms with Crippen LogP contribution < -0.4 is 11.1 Å². The number of hydrogen-bond acceptors (Lipinski definition) is 5. The molecule has 0 radical (unpaired) electrons. The van der Waals surface area contributed by atoms with Gasteiger partial charge in [0, 0.05) is 34.8 Å². The number of fused-ring (bicyclic) bond motifs is 1. The van der Waals surface area contributed by atoms with E-state index >= 15 is 0 Å². The molecule has 0 aliphatic heterocycles. The van der Waals surface area contributed by atoms with Gasteiger partial charge in [-0.25, -0.2) is 4.39 Å². The quantitative estimate of drug-likeness (QED) is 0.706. The number of rotatable bonds is 3. The second-order valence-electron chi connectivity index (χ2n) is 6.82. The lowest BCUT2D eigenvalue weighted by Gasteiger charge is -2.11. The summed E-state index contributed by atoms with van der Waals surface area (Å²) in [6.45, 7) is 3.91. The number of halogens is 1. The van der Waals surface area contributed by atoms with Gasteiger partial charge in [-0.05, 0) is 43.0 Å². The number of aromatic nitrogens is 3. The summed E-state index contributed by atoms with van der Waals surface area (Å²) in [4.78, 5) is 16.2. The number of hydrogen-bond donors (Lipinski definition) is 2. The summed E-state index contributed by atoms with van der Waals surface area (Å²) in [5.74, 6) is 0.144. The van der Waals surface area contributed by atoms with Crippen molar-refractivity contribution in [2.45, 2.75) is 20.3 Å². The number of nitrogens with zero attached hydrogens (tertiary/aromatic N) is 3. The minimum atomic E-state index is -0.550. The van der Waals surface area contributed by atoms with Crippen LogP contribution in [0.25, 0.3) is 22.0 Å². The molecule has 0 saturated heterocycles. The van der Waals surface area contributed by atoms with Crippen LogP contribution in [0, 0.1) is 24.6 Å². The van der Waals surface area contributed by atoms with Gasteiger partial charge >= 0.3 is 0 Å². The molecule has 1 amide bonds. The maximum absolute atomic E-state index is 14.8. The van der Waals surface area contributed by atoms with Crippen molar-refractivity contribution in [2.75, 3.05) is 11.1 Å². The van der Waals surface area contributed by atoms with Crippen LogP contribution in [0.3, 0.4) is 0 Å². The Labute approximate surface area is 149 Å². The minimum absolute atomic E-state index is 0.0272. The highest BCUT2D eigenvalue weighted by molar-refractivity contribution is 5.98. The summed E-state index contributed by atoms with van der Waals surface area (Å²) in [6.07, 6.45) is 4.14. The predicted molar refractivity (Wildman–Crippen MR) is 97.8 cm³/mol. The van der Waals surface area contributed by atoms with Crippen LogP contribution in [0.4, 0.5) is 15.9 Å². The van der Waals surface area contributed by atoms with Crippen LogP contribution in [0.1, 0.15) is 18.9 Å². The molecule has 4 rings (SSSR count). The Kier molecular flexibility index (Phi) is 3.79. The van der Waals surface area contributed by atoms with Gasteiger partial charge in [0.2, 0.25) is 5.91 Å². The first-order valence-corrected chi connectivity index (χ1v) is 8.43. The molecular weight excluding hydrogens is 333 g/mol. The number of amides is 1. The maximum atomic E-state index is 14.8. The fraction of sp³-hybridized carbons (Fsp3) is 0.263. The molecule has 1 aliphatic rings. The summed E-state index contributed by atoms with van der Waals surface area (Å²) in [7, 11) is 0. The number of carbonyl (C=O) groups is 1. The van der Waals surface area contributed by atoms with E-state index in [0.29, 0.717) is 28.2 Å². The predicted octanol–water partition coefficient (Wildman–Crippen LogP) is 3.32. The van der Waals surface area contributed by atoms with Crippen molar-refractivity contribution in [1.82, 2.24) is 15.2 Å². The number of nitrogens with one attached hydrogen (secondary N) is 1. The van der Waals surface area contributed by atoms with Gasteiger partial charge in [0.1, 0.15) is 5.52 Å². The molecule has 132 valence electrons. The number of benzene rings is 1. The fourth-order valence-electron chi connectivity index (χ4n) is 3.10. The number of anilines is 2. The van der Waals surface area contributed by atoms with Crippen molar-refractivity contribution >= 4 is 28.3 Å². The van der Waals surface area contributed by atoms with Crippen LogP contribution in [0.15, 0.2) is 30.6 Å². The smallest absolute Gasteiger partial charge is 0.228 e. The third-order valence-electron chi connectivity index (χ3n) is 4.88. The van der Waals surface area contributed by atoms with Gasteiger partial charge in [-0.15, -0.1) is 10.2 Å². The summed E-state index contributed by atoms with van der Waals surface area (Å²) < 4.78 is 14.8.